The first kappa shape index (κ1) is 11.2. The van der Waals surface area contributed by atoms with Gasteiger partial charge in [-0.1, -0.05) is 6.92 Å². The van der Waals surface area contributed by atoms with Crippen LogP contribution in [0.5, 0.6) is 0 Å². The molecule has 72 valence electrons. The Labute approximate surface area is 66.2 Å². The van der Waals surface area contributed by atoms with Crippen molar-refractivity contribution in [2.45, 2.75) is 25.7 Å². The van der Waals surface area contributed by atoms with Crippen molar-refractivity contribution >= 4 is 5.97 Å². The molecule has 1 N–H and O–H groups in total. The summed E-state index contributed by atoms with van der Waals surface area (Å²) in [6.45, 7) is 1.12. The minimum Gasteiger partial charge on any atom is -0.481 e. The van der Waals surface area contributed by atoms with Crippen molar-refractivity contribution < 1.29 is 27.5 Å². The van der Waals surface area contributed by atoms with Crippen LogP contribution in [0.2, 0.25) is 0 Å². The van der Waals surface area contributed by atoms with Gasteiger partial charge in [0.1, 0.15) is 5.92 Å². The molecule has 0 aliphatic heterocycles. The average Bonchev–Trinajstić information content (AvgIpc) is 1.86. The highest BCUT2D eigenvalue weighted by atomic mass is 19.3. The lowest BCUT2D eigenvalue weighted by Crippen LogP contribution is -2.40. The second kappa shape index (κ2) is 3.73. The Morgan fingerprint density at radius 2 is 1.92 bits per heavy atom. The Morgan fingerprint density at radius 1 is 1.50 bits per heavy atom. The molecule has 0 saturated carbocycles. The lowest BCUT2D eigenvalue weighted by molar-refractivity contribution is -0.187. The van der Waals surface area contributed by atoms with Crippen molar-refractivity contribution in [2.24, 2.45) is 5.92 Å². The molecule has 0 aromatic rings. The third-order valence-corrected chi connectivity index (χ3v) is 1.46. The number of rotatable bonds is 4. The van der Waals surface area contributed by atoms with Crippen molar-refractivity contribution in [3.8, 4) is 0 Å². The van der Waals surface area contributed by atoms with Crippen molar-refractivity contribution in [3.63, 3.8) is 0 Å². The molecule has 1 atom stereocenters. The van der Waals surface area contributed by atoms with Crippen LogP contribution in [0.4, 0.5) is 17.6 Å². The lowest BCUT2D eigenvalue weighted by atomic mass is 9.99. The van der Waals surface area contributed by atoms with Crippen LogP contribution in [0.1, 0.15) is 13.3 Å². The third kappa shape index (κ3) is 2.09. The van der Waals surface area contributed by atoms with Gasteiger partial charge in [0.25, 0.3) is 0 Å². The Morgan fingerprint density at radius 3 is 2.00 bits per heavy atom. The molecule has 0 aromatic carbocycles. The largest absolute Gasteiger partial charge is 0.481 e. The number of halogens is 4. The summed E-state index contributed by atoms with van der Waals surface area (Å²) in [5.41, 5.74) is 0. The summed E-state index contributed by atoms with van der Waals surface area (Å²) in [6.07, 6.45) is -4.45. The van der Waals surface area contributed by atoms with Crippen LogP contribution >= 0.6 is 0 Å². The highest BCUT2D eigenvalue weighted by Crippen LogP contribution is 2.33. The number of alkyl halides is 4. The molecular formula is C6H8F4O2. The first-order chi connectivity index (χ1) is 5.34. The summed E-state index contributed by atoms with van der Waals surface area (Å²) < 4.78 is 47.9. The van der Waals surface area contributed by atoms with E-state index in [1.165, 1.54) is 0 Å². The zero-order chi connectivity index (χ0) is 9.94. The maximum Gasteiger partial charge on any atom is 0.320 e. The van der Waals surface area contributed by atoms with Gasteiger partial charge in [0.2, 0.25) is 0 Å². The van der Waals surface area contributed by atoms with Gasteiger partial charge in [-0.25, -0.2) is 8.78 Å². The van der Waals surface area contributed by atoms with Crippen molar-refractivity contribution in [3.05, 3.63) is 0 Å². The number of carboxylic acids is 1. The number of hydrogen-bond donors (Lipinski definition) is 1. The van der Waals surface area contributed by atoms with E-state index in [1.54, 1.807) is 0 Å². The third-order valence-electron chi connectivity index (χ3n) is 1.46. The minimum atomic E-state index is -4.44. The molecule has 0 fully saturated rings. The number of carboxylic acid groups (broad SMARTS) is 1. The first-order valence-electron chi connectivity index (χ1n) is 3.22. The molecule has 12 heavy (non-hydrogen) atoms. The van der Waals surface area contributed by atoms with E-state index in [-0.39, 0.29) is 0 Å². The summed E-state index contributed by atoms with van der Waals surface area (Å²) in [7, 11) is 0. The molecule has 0 radical (unpaired) electrons. The van der Waals surface area contributed by atoms with Gasteiger partial charge in [-0.3, -0.25) is 4.79 Å². The predicted molar refractivity (Wildman–Crippen MR) is 32.4 cm³/mol. The highest BCUT2D eigenvalue weighted by Gasteiger charge is 2.51. The monoisotopic (exact) mass is 188 g/mol. The summed E-state index contributed by atoms with van der Waals surface area (Å²) >= 11 is 0. The van der Waals surface area contributed by atoms with Gasteiger partial charge in [0.05, 0.1) is 0 Å². The Bertz CT molecular complexity index is 169. The fourth-order valence-electron chi connectivity index (χ4n) is 0.763. The topological polar surface area (TPSA) is 37.3 Å². The normalized spacial score (nSPS) is 14.8. The number of carbonyl (C=O) groups is 1. The summed E-state index contributed by atoms with van der Waals surface area (Å²) in [6, 6.07) is 0. The molecule has 0 aliphatic rings. The van der Waals surface area contributed by atoms with Crippen LogP contribution in [-0.4, -0.2) is 23.4 Å². The van der Waals surface area contributed by atoms with Crippen LogP contribution in [0.3, 0.4) is 0 Å². The Balaban J connectivity index is 4.59. The van der Waals surface area contributed by atoms with Gasteiger partial charge >= 0.3 is 18.3 Å². The summed E-state index contributed by atoms with van der Waals surface area (Å²) in [4.78, 5) is 10.1. The molecule has 0 spiro atoms. The zero-order valence-electron chi connectivity index (χ0n) is 6.23. The lowest BCUT2D eigenvalue weighted by Gasteiger charge is -2.21. The molecular weight excluding hydrogens is 180 g/mol. The first-order valence-corrected chi connectivity index (χ1v) is 3.22. The van der Waals surface area contributed by atoms with E-state index < -0.39 is 30.7 Å². The van der Waals surface area contributed by atoms with E-state index >= 15 is 0 Å². The number of aliphatic carboxylic acids is 1. The molecule has 0 saturated heterocycles. The summed E-state index contributed by atoms with van der Waals surface area (Å²) in [5.74, 6) is -8.65. The van der Waals surface area contributed by atoms with Crippen LogP contribution in [0.25, 0.3) is 0 Å². The zero-order valence-corrected chi connectivity index (χ0v) is 6.23. The van der Waals surface area contributed by atoms with Gasteiger partial charge in [-0.15, -0.1) is 0 Å². The van der Waals surface area contributed by atoms with Crippen molar-refractivity contribution in [1.29, 1.82) is 0 Å². The van der Waals surface area contributed by atoms with Crippen LogP contribution in [0.15, 0.2) is 0 Å². The molecule has 0 aromatic heterocycles. The van der Waals surface area contributed by atoms with Crippen LogP contribution in [-0.2, 0) is 4.79 Å². The molecule has 6 heteroatoms. The van der Waals surface area contributed by atoms with E-state index in [1.807, 2.05) is 0 Å². The quantitative estimate of drug-likeness (QED) is 0.685. The number of hydrogen-bond acceptors (Lipinski definition) is 1. The maximum atomic E-state index is 12.3. The van der Waals surface area contributed by atoms with Crippen LogP contribution in [0, 0.1) is 5.92 Å². The molecule has 0 aliphatic carbocycles. The van der Waals surface area contributed by atoms with Crippen LogP contribution < -0.4 is 0 Å². The smallest absolute Gasteiger partial charge is 0.320 e. The predicted octanol–water partition coefficient (Wildman–Crippen LogP) is 2.00. The fourth-order valence-corrected chi connectivity index (χ4v) is 0.763. The maximum absolute atomic E-state index is 12.3. The molecule has 0 rings (SSSR count). The average molecular weight is 188 g/mol. The van der Waals surface area contributed by atoms with Gasteiger partial charge in [0.15, 0.2) is 0 Å². The van der Waals surface area contributed by atoms with Crippen molar-refractivity contribution in [1.82, 2.24) is 0 Å². The Kier molecular flexibility index (Phi) is 3.48. The van der Waals surface area contributed by atoms with Gasteiger partial charge < -0.3 is 5.11 Å². The molecule has 0 bridgehead atoms. The van der Waals surface area contributed by atoms with E-state index in [4.69, 9.17) is 5.11 Å². The Hall–Kier alpha value is -0.810. The van der Waals surface area contributed by atoms with E-state index in [9.17, 15) is 22.4 Å². The molecule has 0 heterocycles. The molecule has 1 unspecified atom stereocenters. The molecule has 0 amide bonds. The second-order valence-corrected chi connectivity index (χ2v) is 2.27. The van der Waals surface area contributed by atoms with Gasteiger partial charge in [-0.05, 0) is 6.42 Å². The van der Waals surface area contributed by atoms with E-state index in [0.29, 0.717) is 0 Å². The SMILES string of the molecule is CCC(C(=O)O)C(F)(F)C(F)F. The van der Waals surface area contributed by atoms with Crippen molar-refractivity contribution in [2.75, 3.05) is 0 Å². The van der Waals surface area contributed by atoms with Gasteiger partial charge in [-0.2, -0.15) is 8.78 Å². The van der Waals surface area contributed by atoms with Gasteiger partial charge in [0, 0.05) is 0 Å². The second-order valence-electron chi connectivity index (χ2n) is 2.27. The highest BCUT2D eigenvalue weighted by molar-refractivity contribution is 5.71. The summed E-state index contributed by atoms with van der Waals surface area (Å²) in [5, 5.41) is 8.14. The van der Waals surface area contributed by atoms with E-state index in [0.717, 1.165) is 6.92 Å². The molecule has 2 nitrogen and oxygen atoms in total. The fraction of sp³-hybridized carbons (Fsp3) is 0.833. The minimum absolute atomic E-state index is 0.521. The standard InChI is InChI=1S/C6H8F4O2/c1-2-3(4(11)12)6(9,10)5(7)8/h3,5H,2H2,1H3,(H,11,12). The van der Waals surface area contributed by atoms with E-state index in [2.05, 4.69) is 0 Å².